The second kappa shape index (κ2) is 11.4. The quantitative estimate of drug-likeness (QED) is 0.251. The third-order valence-electron chi connectivity index (χ3n) is 6.42. The number of nitrogens with two attached hydrogens (primary N) is 2. The summed E-state index contributed by atoms with van der Waals surface area (Å²) in [5, 5.41) is 20.3. The van der Waals surface area contributed by atoms with Crippen LogP contribution in [0.15, 0.2) is 42.5 Å². The van der Waals surface area contributed by atoms with Crippen molar-refractivity contribution in [2.45, 2.75) is 18.5 Å². The van der Waals surface area contributed by atoms with Crippen molar-refractivity contribution in [2.75, 3.05) is 59.7 Å². The zero-order chi connectivity index (χ0) is 26.6. The highest BCUT2D eigenvalue weighted by Gasteiger charge is 2.26. The first-order chi connectivity index (χ1) is 18.3. The number of phenolic OH excluding ortho intramolecular Hbond substituents is 1. The number of nitrogens with zero attached hydrogens (tertiary/aromatic N) is 5. The molecule has 1 amide bonds. The van der Waals surface area contributed by atoms with Crippen LogP contribution in [-0.4, -0.2) is 77.3 Å². The van der Waals surface area contributed by atoms with Gasteiger partial charge >= 0.3 is 0 Å². The molecule has 2 aromatic carbocycles. The Morgan fingerprint density at radius 2 is 1.63 bits per heavy atom. The summed E-state index contributed by atoms with van der Waals surface area (Å²) in [7, 11) is 0. The molecule has 3 heterocycles. The van der Waals surface area contributed by atoms with Crippen molar-refractivity contribution in [3.05, 3.63) is 53.1 Å². The zero-order valence-corrected chi connectivity index (χ0v) is 21.5. The van der Waals surface area contributed by atoms with E-state index in [0.29, 0.717) is 47.2 Å². The van der Waals surface area contributed by atoms with Gasteiger partial charge in [-0.1, -0.05) is 11.6 Å². The molecular weight excluding hydrogens is 508 g/mol. The molecule has 0 spiro atoms. The monoisotopic (exact) mass is 538 g/mol. The molecule has 0 saturated carbocycles. The zero-order valence-electron chi connectivity index (χ0n) is 20.8. The number of amides is 1. The third-order valence-corrected chi connectivity index (χ3v) is 6.67. The van der Waals surface area contributed by atoms with Crippen molar-refractivity contribution in [3.8, 4) is 5.75 Å². The van der Waals surface area contributed by atoms with Crippen LogP contribution in [0.2, 0.25) is 5.02 Å². The second-order valence-electron chi connectivity index (χ2n) is 9.47. The number of halogens is 1. The molecule has 5 rings (SSSR count). The predicted octanol–water partition coefficient (Wildman–Crippen LogP) is 1.50. The van der Waals surface area contributed by atoms with Crippen LogP contribution in [0.3, 0.4) is 0 Å². The Bertz CT molecular complexity index is 1280. The summed E-state index contributed by atoms with van der Waals surface area (Å²) in [5.41, 5.74) is 13.7. The lowest BCUT2D eigenvalue weighted by atomic mass is 10.0. The highest BCUT2D eigenvalue weighted by molar-refractivity contribution is 6.30. The summed E-state index contributed by atoms with van der Waals surface area (Å²) >= 11 is 5.89. The Balaban J connectivity index is 1.37. The molecule has 8 N–H and O–H groups in total. The van der Waals surface area contributed by atoms with Gasteiger partial charge in [0.2, 0.25) is 17.8 Å². The van der Waals surface area contributed by atoms with E-state index < -0.39 is 0 Å². The summed E-state index contributed by atoms with van der Waals surface area (Å²) in [6.07, 6.45) is 0.748. The van der Waals surface area contributed by atoms with Gasteiger partial charge in [0.1, 0.15) is 5.75 Å². The number of piperidine rings is 1. The fraction of sp³-hybridized carbons (Fsp3) is 0.360. The van der Waals surface area contributed by atoms with E-state index in [9.17, 15) is 9.90 Å². The van der Waals surface area contributed by atoms with Crippen LogP contribution in [0.5, 0.6) is 5.75 Å². The average Bonchev–Trinajstić information content (AvgIpc) is 2.90. The highest BCUT2D eigenvalue weighted by atomic mass is 35.5. The summed E-state index contributed by atoms with van der Waals surface area (Å²) in [6.45, 7) is 4.40. The number of aromatic nitrogens is 3. The Kier molecular flexibility index (Phi) is 7.74. The molecule has 2 aliphatic rings. The van der Waals surface area contributed by atoms with E-state index in [1.54, 1.807) is 36.4 Å². The van der Waals surface area contributed by atoms with Gasteiger partial charge < -0.3 is 42.3 Å². The van der Waals surface area contributed by atoms with Gasteiger partial charge in [0.05, 0.1) is 5.69 Å². The lowest BCUT2D eigenvalue weighted by Crippen LogP contribution is -2.53. The molecule has 12 nitrogen and oxygen atoms in total. The van der Waals surface area contributed by atoms with Gasteiger partial charge in [0.25, 0.3) is 5.91 Å². The smallest absolute Gasteiger partial charge is 0.255 e. The molecule has 200 valence electrons. The van der Waals surface area contributed by atoms with Crippen molar-refractivity contribution in [3.63, 3.8) is 0 Å². The van der Waals surface area contributed by atoms with Gasteiger partial charge in [-0.2, -0.15) is 15.0 Å². The van der Waals surface area contributed by atoms with Crippen molar-refractivity contribution < 1.29 is 9.90 Å². The molecule has 2 atom stereocenters. The molecule has 13 heteroatoms. The summed E-state index contributed by atoms with van der Waals surface area (Å²) in [6, 6.07) is 11.2. The second-order valence-corrected chi connectivity index (χ2v) is 9.91. The van der Waals surface area contributed by atoms with E-state index in [0.717, 1.165) is 32.6 Å². The minimum absolute atomic E-state index is 0.0675. The summed E-state index contributed by atoms with van der Waals surface area (Å²) < 4.78 is 0. The fourth-order valence-electron chi connectivity index (χ4n) is 4.54. The largest absolute Gasteiger partial charge is 0.506 e. The third kappa shape index (κ3) is 6.22. The van der Waals surface area contributed by atoms with Crippen LogP contribution in [0.1, 0.15) is 16.8 Å². The maximum atomic E-state index is 12.5. The van der Waals surface area contributed by atoms with Crippen molar-refractivity contribution >= 4 is 46.7 Å². The van der Waals surface area contributed by atoms with E-state index in [-0.39, 0.29) is 29.4 Å². The van der Waals surface area contributed by atoms with Gasteiger partial charge in [-0.3, -0.25) is 4.79 Å². The number of phenols is 1. The molecule has 1 aromatic heterocycles. The fourth-order valence-corrected chi connectivity index (χ4v) is 4.67. The number of aromatic hydroxyl groups is 1. The van der Waals surface area contributed by atoms with Crippen LogP contribution in [0.4, 0.5) is 29.2 Å². The molecule has 3 aromatic rings. The number of anilines is 5. The Morgan fingerprint density at radius 3 is 2.29 bits per heavy atom. The van der Waals surface area contributed by atoms with Crippen molar-refractivity contribution in [1.82, 2.24) is 20.3 Å². The first-order valence-electron chi connectivity index (χ1n) is 12.5. The molecule has 2 fully saturated rings. The molecule has 0 radical (unpaired) electrons. The number of benzene rings is 2. The van der Waals surface area contributed by atoms with E-state index >= 15 is 0 Å². The van der Waals surface area contributed by atoms with E-state index in [1.165, 1.54) is 6.07 Å². The Morgan fingerprint density at radius 1 is 0.974 bits per heavy atom. The normalized spacial score (nSPS) is 19.8. The van der Waals surface area contributed by atoms with E-state index in [1.807, 2.05) is 4.90 Å². The van der Waals surface area contributed by atoms with Gasteiger partial charge in [-0.25, -0.2) is 0 Å². The number of nitrogens with one attached hydrogen (secondary N) is 3. The number of carbonyl (C=O) groups excluding carboxylic acids is 1. The minimum atomic E-state index is -0.363. The lowest BCUT2D eigenvalue weighted by molar-refractivity contribution is 0.102. The van der Waals surface area contributed by atoms with Crippen LogP contribution >= 0.6 is 11.6 Å². The standard InChI is InChI=1S/C25H31ClN10O2/c26-16-3-1-15(2-4-16)22(38)31-20-6-5-19(12-21(20)37)30-23-32-24(35-9-7-29-8-10-35)34-25(33-23)36-13-17(27)11-18(28)14-36/h1-6,12,17-18,29,37H,7-11,13-14,27-28H2,(H,31,38)(H,30,32,33,34). The molecule has 38 heavy (non-hydrogen) atoms. The van der Waals surface area contributed by atoms with Gasteiger partial charge in [0.15, 0.2) is 0 Å². The van der Waals surface area contributed by atoms with Gasteiger partial charge in [-0.05, 0) is 42.8 Å². The molecule has 0 bridgehead atoms. The van der Waals surface area contributed by atoms with Gasteiger partial charge in [0, 0.05) is 73.7 Å². The number of rotatable bonds is 6. The Labute approximate surface area is 225 Å². The maximum Gasteiger partial charge on any atom is 0.255 e. The average molecular weight is 539 g/mol. The predicted molar refractivity (Wildman–Crippen MR) is 148 cm³/mol. The van der Waals surface area contributed by atoms with Crippen LogP contribution in [-0.2, 0) is 0 Å². The van der Waals surface area contributed by atoms with Crippen LogP contribution in [0, 0.1) is 0 Å². The summed E-state index contributed by atoms with van der Waals surface area (Å²) in [4.78, 5) is 30.6. The molecule has 0 aliphatic carbocycles. The van der Waals surface area contributed by atoms with Crippen LogP contribution < -0.4 is 37.2 Å². The maximum absolute atomic E-state index is 12.5. The molecule has 2 saturated heterocycles. The number of piperazine rings is 1. The van der Waals surface area contributed by atoms with Crippen molar-refractivity contribution in [1.29, 1.82) is 0 Å². The first-order valence-corrected chi connectivity index (χ1v) is 12.9. The van der Waals surface area contributed by atoms with E-state index in [2.05, 4.69) is 30.8 Å². The van der Waals surface area contributed by atoms with E-state index in [4.69, 9.17) is 28.1 Å². The lowest BCUT2D eigenvalue weighted by Gasteiger charge is -2.35. The number of hydrogen-bond donors (Lipinski definition) is 6. The number of hydrogen-bond acceptors (Lipinski definition) is 11. The molecule has 2 unspecified atom stereocenters. The summed E-state index contributed by atoms with van der Waals surface area (Å²) in [5.74, 6) is 0.911. The number of carbonyl (C=O) groups is 1. The topological polar surface area (TPSA) is 171 Å². The van der Waals surface area contributed by atoms with Crippen LogP contribution in [0.25, 0.3) is 0 Å². The first kappa shape index (κ1) is 25.9. The highest BCUT2D eigenvalue weighted by Crippen LogP contribution is 2.29. The Hall–Kier alpha value is -3.71. The van der Waals surface area contributed by atoms with Crippen molar-refractivity contribution in [2.24, 2.45) is 11.5 Å². The minimum Gasteiger partial charge on any atom is -0.506 e. The van der Waals surface area contributed by atoms with Gasteiger partial charge in [-0.15, -0.1) is 0 Å². The molecule has 2 aliphatic heterocycles. The SMILES string of the molecule is NC1CC(N)CN(c2nc(Nc3ccc(NC(=O)c4ccc(Cl)cc4)c(O)c3)nc(N3CCNCC3)n2)C1. The molecular formula is C25H31ClN10O2.